The van der Waals surface area contributed by atoms with Gasteiger partial charge in [-0.25, -0.2) is 4.79 Å². The molecule has 1 aromatic rings. The van der Waals surface area contributed by atoms with E-state index in [4.69, 9.17) is 5.26 Å². The van der Waals surface area contributed by atoms with Gasteiger partial charge < -0.3 is 4.74 Å². The van der Waals surface area contributed by atoms with E-state index in [0.29, 0.717) is 11.1 Å². The zero-order valence-corrected chi connectivity index (χ0v) is 9.03. The molecule has 0 aliphatic rings. The van der Waals surface area contributed by atoms with Gasteiger partial charge >= 0.3 is 5.97 Å². The molecule has 0 unspecified atom stereocenters. The van der Waals surface area contributed by atoms with Crippen LogP contribution in [-0.4, -0.2) is 13.1 Å². The maximum absolute atomic E-state index is 11.2. The molecule has 0 N–H and O–H groups in total. The van der Waals surface area contributed by atoms with Gasteiger partial charge in [-0.1, -0.05) is 0 Å². The maximum atomic E-state index is 11.2. The zero-order chi connectivity index (χ0) is 9.84. The smallest absolute Gasteiger partial charge is 0.338 e. The molecule has 0 radical (unpaired) electrons. The van der Waals surface area contributed by atoms with Gasteiger partial charge in [0.05, 0.1) is 24.3 Å². The quantitative estimate of drug-likeness (QED) is 0.586. The average molecular weight is 287 g/mol. The second kappa shape index (κ2) is 4.23. The van der Waals surface area contributed by atoms with Crippen LogP contribution in [0.25, 0.3) is 0 Å². The van der Waals surface area contributed by atoms with E-state index >= 15 is 0 Å². The van der Waals surface area contributed by atoms with E-state index in [-0.39, 0.29) is 0 Å². The molecule has 0 amide bonds. The Morgan fingerprint density at radius 2 is 2.31 bits per heavy atom. The molecule has 3 nitrogen and oxygen atoms in total. The van der Waals surface area contributed by atoms with E-state index in [1.54, 1.807) is 12.1 Å². The molecule has 0 spiro atoms. The Hall–Kier alpha value is -1.09. The zero-order valence-electron chi connectivity index (χ0n) is 6.87. The molecule has 13 heavy (non-hydrogen) atoms. The van der Waals surface area contributed by atoms with Gasteiger partial charge in [-0.15, -0.1) is 0 Å². The van der Waals surface area contributed by atoms with Crippen LogP contribution in [0.15, 0.2) is 18.2 Å². The second-order valence-corrected chi connectivity index (χ2v) is 3.46. The highest BCUT2D eigenvalue weighted by molar-refractivity contribution is 14.1. The first-order valence-corrected chi connectivity index (χ1v) is 4.55. The molecule has 0 atom stereocenters. The summed E-state index contributed by atoms with van der Waals surface area (Å²) in [7, 11) is 1.32. The number of nitrogens with zero attached hydrogens (tertiary/aromatic N) is 1. The highest BCUT2D eigenvalue weighted by Gasteiger charge is 2.10. The SMILES string of the molecule is COC(=O)c1cc(C#N)ccc1I. The third-order valence-electron chi connectivity index (χ3n) is 1.50. The van der Waals surface area contributed by atoms with Gasteiger partial charge in [-0.05, 0) is 40.8 Å². The standard InChI is InChI=1S/C9H6INO2/c1-13-9(12)7-4-6(5-11)2-3-8(7)10/h2-4H,1H3. The minimum atomic E-state index is -0.415. The summed E-state index contributed by atoms with van der Waals surface area (Å²) in [6.45, 7) is 0. The molecular weight excluding hydrogens is 281 g/mol. The van der Waals surface area contributed by atoms with Crippen molar-refractivity contribution in [2.75, 3.05) is 7.11 Å². The average Bonchev–Trinajstić information content (AvgIpc) is 2.17. The Balaban J connectivity index is 3.20. The van der Waals surface area contributed by atoms with Crippen LogP contribution in [-0.2, 0) is 4.74 Å². The van der Waals surface area contributed by atoms with E-state index in [2.05, 4.69) is 4.74 Å². The van der Waals surface area contributed by atoms with Crippen molar-refractivity contribution < 1.29 is 9.53 Å². The van der Waals surface area contributed by atoms with Gasteiger partial charge in [-0.2, -0.15) is 5.26 Å². The van der Waals surface area contributed by atoms with Crippen LogP contribution in [0, 0.1) is 14.9 Å². The number of benzene rings is 1. The minimum absolute atomic E-state index is 0.415. The van der Waals surface area contributed by atoms with Crippen LogP contribution in [0.5, 0.6) is 0 Å². The molecule has 1 rings (SSSR count). The lowest BCUT2D eigenvalue weighted by Crippen LogP contribution is -2.03. The van der Waals surface area contributed by atoms with Crippen molar-refractivity contribution >= 4 is 28.6 Å². The van der Waals surface area contributed by atoms with Crippen molar-refractivity contribution in [1.29, 1.82) is 5.26 Å². The van der Waals surface area contributed by atoms with Gasteiger partial charge in [0.15, 0.2) is 0 Å². The number of carbonyl (C=O) groups is 1. The number of rotatable bonds is 1. The van der Waals surface area contributed by atoms with Crippen LogP contribution in [0.4, 0.5) is 0 Å². The van der Waals surface area contributed by atoms with Crippen molar-refractivity contribution in [1.82, 2.24) is 0 Å². The number of esters is 1. The third-order valence-corrected chi connectivity index (χ3v) is 2.44. The largest absolute Gasteiger partial charge is 0.465 e. The van der Waals surface area contributed by atoms with Crippen LogP contribution in [0.1, 0.15) is 15.9 Å². The van der Waals surface area contributed by atoms with Gasteiger partial charge in [0.25, 0.3) is 0 Å². The number of ether oxygens (including phenoxy) is 1. The van der Waals surface area contributed by atoms with Gasteiger partial charge in [0, 0.05) is 3.57 Å². The van der Waals surface area contributed by atoms with E-state index in [0.717, 1.165) is 3.57 Å². The Morgan fingerprint density at radius 3 is 2.85 bits per heavy atom. The molecule has 0 bridgehead atoms. The Morgan fingerprint density at radius 1 is 1.62 bits per heavy atom. The first-order chi connectivity index (χ1) is 6.19. The fourth-order valence-electron chi connectivity index (χ4n) is 0.861. The molecule has 1 aromatic carbocycles. The van der Waals surface area contributed by atoms with Crippen LogP contribution in [0.2, 0.25) is 0 Å². The molecule has 0 heterocycles. The number of carbonyl (C=O) groups excluding carboxylic acids is 1. The topological polar surface area (TPSA) is 50.1 Å². The predicted octanol–water partition coefficient (Wildman–Crippen LogP) is 1.95. The van der Waals surface area contributed by atoms with E-state index in [1.165, 1.54) is 13.2 Å². The van der Waals surface area contributed by atoms with Crippen LogP contribution in [0.3, 0.4) is 0 Å². The summed E-state index contributed by atoms with van der Waals surface area (Å²) in [5, 5.41) is 8.60. The molecule has 0 saturated carbocycles. The molecule has 4 heteroatoms. The fourth-order valence-corrected chi connectivity index (χ4v) is 1.42. The Bertz CT molecular complexity index is 382. The number of nitriles is 1. The van der Waals surface area contributed by atoms with E-state index in [9.17, 15) is 4.79 Å². The van der Waals surface area contributed by atoms with E-state index in [1.807, 2.05) is 28.7 Å². The minimum Gasteiger partial charge on any atom is -0.465 e. The number of hydrogen-bond acceptors (Lipinski definition) is 3. The van der Waals surface area contributed by atoms with Gasteiger partial charge in [0.1, 0.15) is 0 Å². The lowest BCUT2D eigenvalue weighted by Gasteiger charge is -2.01. The molecule has 0 fully saturated rings. The summed E-state index contributed by atoms with van der Waals surface area (Å²) in [5.74, 6) is -0.415. The second-order valence-electron chi connectivity index (χ2n) is 2.30. The molecule has 0 aliphatic carbocycles. The summed E-state index contributed by atoms with van der Waals surface area (Å²) >= 11 is 2.02. The summed E-state index contributed by atoms with van der Waals surface area (Å²) in [6.07, 6.45) is 0. The molecule has 66 valence electrons. The monoisotopic (exact) mass is 287 g/mol. The highest BCUT2D eigenvalue weighted by atomic mass is 127. The number of halogens is 1. The molecular formula is C9H6INO2. The van der Waals surface area contributed by atoms with E-state index < -0.39 is 5.97 Å². The van der Waals surface area contributed by atoms with Crippen molar-refractivity contribution in [2.45, 2.75) is 0 Å². The first-order valence-electron chi connectivity index (χ1n) is 3.47. The molecule has 0 aromatic heterocycles. The Kier molecular flexibility index (Phi) is 3.25. The first kappa shape index (κ1) is 9.99. The van der Waals surface area contributed by atoms with Gasteiger partial charge in [0.2, 0.25) is 0 Å². The van der Waals surface area contributed by atoms with Crippen molar-refractivity contribution in [3.63, 3.8) is 0 Å². The third kappa shape index (κ3) is 2.18. The predicted molar refractivity (Wildman–Crippen MR) is 55.2 cm³/mol. The summed E-state index contributed by atoms with van der Waals surface area (Å²) in [5.41, 5.74) is 0.892. The van der Waals surface area contributed by atoms with Crippen LogP contribution >= 0.6 is 22.6 Å². The summed E-state index contributed by atoms with van der Waals surface area (Å²) in [4.78, 5) is 11.2. The number of hydrogen-bond donors (Lipinski definition) is 0. The fraction of sp³-hybridized carbons (Fsp3) is 0.111. The van der Waals surface area contributed by atoms with Crippen LogP contribution < -0.4 is 0 Å². The molecule has 0 saturated heterocycles. The Labute approximate surface area is 89.5 Å². The highest BCUT2D eigenvalue weighted by Crippen LogP contribution is 2.14. The molecule has 0 aliphatic heterocycles. The lowest BCUT2D eigenvalue weighted by molar-refractivity contribution is 0.0599. The summed E-state index contributed by atoms with van der Waals surface area (Å²) < 4.78 is 5.34. The normalized spacial score (nSPS) is 9.00. The number of methoxy groups -OCH3 is 1. The van der Waals surface area contributed by atoms with Crippen molar-refractivity contribution in [2.24, 2.45) is 0 Å². The summed E-state index contributed by atoms with van der Waals surface area (Å²) in [6, 6.07) is 6.86. The lowest BCUT2D eigenvalue weighted by atomic mass is 10.1. The van der Waals surface area contributed by atoms with Gasteiger partial charge in [-0.3, -0.25) is 0 Å². The maximum Gasteiger partial charge on any atom is 0.338 e. The van der Waals surface area contributed by atoms with Crippen molar-refractivity contribution in [3.05, 3.63) is 32.9 Å². The van der Waals surface area contributed by atoms with Crippen molar-refractivity contribution in [3.8, 4) is 6.07 Å².